The van der Waals surface area contributed by atoms with Gasteiger partial charge in [-0.25, -0.2) is 17.8 Å². The van der Waals surface area contributed by atoms with Gasteiger partial charge in [0.25, 0.3) is 0 Å². The summed E-state index contributed by atoms with van der Waals surface area (Å²) in [5.41, 5.74) is 5.61. The molecule has 2 heterocycles. The van der Waals surface area contributed by atoms with Gasteiger partial charge < -0.3 is 15.8 Å². The Morgan fingerprint density at radius 1 is 1.44 bits per heavy atom. The van der Waals surface area contributed by atoms with E-state index >= 15 is 0 Å². The van der Waals surface area contributed by atoms with E-state index in [4.69, 9.17) is 10.5 Å². The number of pyridine rings is 1. The Bertz CT molecular complexity index is 760. The molecule has 1 aliphatic rings. The minimum atomic E-state index is -3.65. The number of halogens is 1. The van der Waals surface area contributed by atoms with Crippen LogP contribution in [0.4, 0.5) is 4.39 Å². The molecule has 1 aromatic heterocycles. The van der Waals surface area contributed by atoms with Crippen LogP contribution in [0.5, 0.6) is 5.88 Å². The van der Waals surface area contributed by atoms with Crippen molar-refractivity contribution in [1.29, 1.82) is 0 Å². The molecule has 0 aromatic carbocycles. The highest BCUT2D eigenvalue weighted by molar-refractivity contribution is 7.89. The predicted molar refractivity (Wildman–Crippen MR) is 98.1 cm³/mol. The second kappa shape index (κ2) is 9.77. The van der Waals surface area contributed by atoms with E-state index in [2.05, 4.69) is 10.3 Å². The summed E-state index contributed by atoms with van der Waals surface area (Å²) in [6.07, 6.45) is 3.29. The molecule has 1 saturated heterocycles. The molecule has 0 bridgehead atoms. The number of piperidine rings is 1. The maximum absolute atomic E-state index is 12.7. The maximum atomic E-state index is 12.7. The molecule has 1 amide bonds. The SMILES string of the molecule is CNC(=O)CC1CCN(S(=O)(=O)c2ccc(OC/C(=C/F)CN)nc2)CC1. The minimum Gasteiger partial charge on any atom is -0.473 e. The highest BCUT2D eigenvalue weighted by Gasteiger charge is 2.30. The lowest BCUT2D eigenvalue weighted by molar-refractivity contribution is -0.121. The van der Waals surface area contributed by atoms with E-state index in [1.165, 1.54) is 22.6 Å². The molecule has 2 rings (SSSR count). The van der Waals surface area contributed by atoms with Gasteiger partial charge in [0, 0.05) is 44.7 Å². The summed E-state index contributed by atoms with van der Waals surface area (Å²) in [6.45, 7) is 0.705. The number of carbonyl (C=O) groups is 1. The van der Waals surface area contributed by atoms with Crippen molar-refractivity contribution in [2.24, 2.45) is 11.7 Å². The first-order valence-corrected chi connectivity index (χ1v) is 10.1. The predicted octanol–water partition coefficient (Wildman–Crippen LogP) is 0.809. The smallest absolute Gasteiger partial charge is 0.244 e. The molecule has 3 N–H and O–H groups in total. The molecular formula is C17H25FN4O4S. The summed E-state index contributed by atoms with van der Waals surface area (Å²) >= 11 is 0. The van der Waals surface area contributed by atoms with Gasteiger partial charge in [0.15, 0.2) is 0 Å². The Morgan fingerprint density at radius 3 is 2.67 bits per heavy atom. The first-order valence-electron chi connectivity index (χ1n) is 8.68. The van der Waals surface area contributed by atoms with Gasteiger partial charge in [0.05, 0.1) is 12.5 Å². The van der Waals surface area contributed by atoms with Gasteiger partial charge in [-0.2, -0.15) is 4.31 Å². The lowest BCUT2D eigenvalue weighted by Crippen LogP contribution is -2.39. The molecule has 0 unspecified atom stereocenters. The maximum Gasteiger partial charge on any atom is 0.244 e. The summed E-state index contributed by atoms with van der Waals surface area (Å²) in [4.78, 5) is 15.5. The molecule has 1 fully saturated rings. The first kappa shape index (κ1) is 21.3. The van der Waals surface area contributed by atoms with Crippen LogP contribution in [0.1, 0.15) is 19.3 Å². The van der Waals surface area contributed by atoms with Gasteiger partial charge in [-0.3, -0.25) is 4.79 Å². The van der Waals surface area contributed by atoms with Crippen molar-refractivity contribution in [3.05, 3.63) is 30.2 Å². The fourth-order valence-corrected chi connectivity index (χ4v) is 4.19. The van der Waals surface area contributed by atoms with Crippen LogP contribution in [-0.4, -0.2) is 56.9 Å². The quantitative estimate of drug-likeness (QED) is 0.667. The van der Waals surface area contributed by atoms with Crippen molar-refractivity contribution >= 4 is 15.9 Å². The Balaban J connectivity index is 1.96. The topological polar surface area (TPSA) is 115 Å². The molecule has 0 aliphatic carbocycles. The second-order valence-electron chi connectivity index (χ2n) is 6.32. The van der Waals surface area contributed by atoms with Gasteiger partial charge in [0.2, 0.25) is 21.8 Å². The number of ether oxygens (including phenoxy) is 1. The number of nitrogens with two attached hydrogens (primary N) is 1. The normalized spacial score (nSPS) is 16.9. The van der Waals surface area contributed by atoms with Gasteiger partial charge in [0.1, 0.15) is 11.5 Å². The number of aromatic nitrogens is 1. The molecule has 0 atom stereocenters. The monoisotopic (exact) mass is 400 g/mol. The number of nitrogens with zero attached hydrogens (tertiary/aromatic N) is 2. The molecule has 10 heteroatoms. The number of hydrogen-bond donors (Lipinski definition) is 2. The number of amides is 1. The molecule has 0 spiro atoms. The standard InChI is InChI=1S/C17H25FN4O4S/c1-20-16(23)8-13-4-6-22(7-5-13)27(24,25)15-2-3-17(21-11-15)26-12-14(9-18)10-19/h2-3,9,11,13H,4-8,10,12,19H2,1H3,(H,20,23)/b14-9+. The third-order valence-corrected chi connectivity index (χ3v) is 6.38. The molecule has 1 aromatic rings. The van der Waals surface area contributed by atoms with Crippen molar-refractivity contribution < 1.29 is 22.3 Å². The zero-order valence-corrected chi connectivity index (χ0v) is 16.0. The number of nitrogens with one attached hydrogen (secondary N) is 1. The van der Waals surface area contributed by atoms with Crippen LogP contribution in [0.25, 0.3) is 0 Å². The average Bonchev–Trinajstić information content (AvgIpc) is 2.69. The van der Waals surface area contributed by atoms with Crippen molar-refractivity contribution in [1.82, 2.24) is 14.6 Å². The van der Waals surface area contributed by atoms with Gasteiger partial charge in [-0.1, -0.05) is 0 Å². The van der Waals surface area contributed by atoms with Crippen LogP contribution < -0.4 is 15.8 Å². The van der Waals surface area contributed by atoms with Gasteiger partial charge in [-0.15, -0.1) is 0 Å². The van der Waals surface area contributed by atoms with E-state index < -0.39 is 10.0 Å². The van der Waals surface area contributed by atoms with E-state index in [1.807, 2.05) is 0 Å². The second-order valence-corrected chi connectivity index (χ2v) is 8.25. The Hall–Kier alpha value is -2.04. The Morgan fingerprint density at radius 2 is 2.15 bits per heavy atom. The van der Waals surface area contributed by atoms with Gasteiger partial charge >= 0.3 is 0 Å². The van der Waals surface area contributed by atoms with Crippen LogP contribution in [0.2, 0.25) is 0 Å². The summed E-state index contributed by atoms with van der Waals surface area (Å²) in [7, 11) is -2.06. The first-order chi connectivity index (χ1) is 12.9. The van der Waals surface area contributed by atoms with Crippen molar-refractivity contribution in [3.63, 3.8) is 0 Å². The van der Waals surface area contributed by atoms with Crippen LogP contribution in [0.3, 0.4) is 0 Å². The van der Waals surface area contributed by atoms with E-state index in [0.29, 0.717) is 38.7 Å². The van der Waals surface area contributed by atoms with Crippen molar-refractivity contribution in [3.8, 4) is 5.88 Å². The number of carbonyl (C=O) groups excluding carboxylic acids is 1. The van der Waals surface area contributed by atoms with Crippen LogP contribution in [0.15, 0.2) is 35.1 Å². The summed E-state index contributed by atoms with van der Waals surface area (Å²) in [6, 6.07) is 2.84. The van der Waals surface area contributed by atoms with E-state index in [9.17, 15) is 17.6 Å². The summed E-state index contributed by atoms with van der Waals surface area (Å²) in [5.74, 6) is 0.341. The fraction of sp³-hybridized carbons (Fsp3) is 0.529. The Kier molecular flexibility index (Phi) is 7.69. The molecule has 0 saturated carbocycles. The summed E-state index contributed by atoms with van der Waals surface area (Å²) in [5, 5.41) is 2.59. The molecule has 1 aliphatic heterocycles. The lowest BCUT2D eigenvalue weighted by atomic mass is 9.94. The summed E-state index contributed by atoms with van der Waals surface area (Å²) < 4.78 is 44.6. The molecular weight excluding hydrogens is 375 g/mol. The third kappa shape index (κ3) is 5.72. The van der Waals surface area contributed by atoms with Gasteiger partial charge in [-0.05, 0) is 24.8 Å². The Labute approximate surface area is 158 Å². The highest BCUT2D eigenvalue weighted by atomic mass is 32.2. The molecule has 150 valence electrons. The number of hydrogen-bond acceptors (Lipinski definition) is 6. The molecule has 0 radical (unpaired) electrons. The van der Waals surface area contributed by atoms with Crippen LogP contribution in [-0.2, 0) is 14.8 Å². The zero-order chi connectivity index (χ0) is 19.9. The zero-order valence-electron chi connectivity index (χ0n) is 15.2. The van der Waals surface area contributed by atoms with E-state index in [-0.39, 0.29) is 41.3 Å². The number of sulfonamides is 1. The highest BCUT2D eigenvalue weighted by Crippen LogP contribution is 2.26. The largest absolute Gasteiger partial charge is 0.473 e. The van der Waals surface area contributed by atoms with Crippen molar-refractivity contribution in [2.75, 3.05) is 33.3 Å². The third-order valence-electron chi connectivity index (χ3n) is 4.50. The fourth-order valence-electron chi connectivity index (χ4n) is 2.77. The average molecular weight is 400 g/mol. The minimum absolute atomic E-state index is 0.0266. The lowest BCUT2D eigenvalue weighted by Gasteiger charge is -2.30. The van der Waals surface area contributed by atoms with E-state index in [1.54, 1.807) is 7.05 Å². The molecule has 27 heavy (non-hydrogen) atoms. The van der Waals surface area contributed by atoms with Crippen LogP contribution >= 0.6 is 0 Å². The van der Waals surface area contributed by atoms with E-state index in [0.717, 1.165) is 0 Å². The number of rotatable bonds is 8. The van der Waals surface area contributed by atoms with Crippen molar-refractivity contribution in [2.45, 2.75) is 24.2 Å². The molecule has 8 nitrogen and oxygen atoms in total. The van der Waals surface area contributed by atoms with Crippen LogP contribution in [0, 0.1) is 5.92 Å².